The maximum Gasteiger partial charge on any atom is 0.295 e. The van der Waals surface area contributed by atoms with Gasteiger partial charge in [0.05, 0.1) is 4.90 Å². The van der Waals surface area contributed by atoms with E-state index in [4.69, 9.17) is 0 Å². The third kappa shape index (κ3) is 3.84. The summed E-state index contributed by atoms with van der Waals surface area (Å²) in [6.45, 7) is 1.29. The molecule has 0 heterocycles. The summed E-state index contributed by atoms with van der Waals surface area (Å²) in [6.07, 6.45) is -0.603. The van der Waals surface area contributed by atoms with E-state index in [1.807, 2.05) is 0 Å². The number of nitrogens with zero attached hydrogens (tertiary/aromatic N) is 1. The molecular weight excluding hydrogens is 482 g/mol. The van der Waals surface area contributed by atoms with Gasteiger partial charge < -0.3 is 4.90 Å². The predicted molar refractivity (Wildman–Crippen MR) is 118 cm³/mol. The standard InChI is InChI=1S/C19H21NO9S3/c1-12-11-19(32(27,28)29,15-6-4-5-7-17(15)20(2)3)16-10-13(30(21,22)23)8-9-14(16)18(12)31(24,25)26/h4-10H,11H2,1-3H3,(H,21,22,23)(H,24,25,26)(H,27,28,29). The molecule has 0 radical (unpaired) electrons. The topological polar surface area (TPSA) is 166 Å². The maximum absolute atomic E-state index is 13.0. The van der Waals surface area contributed by atoms with Crippen LogP contribution in [0, 0.1) is 0 Å². The fourth-order valence-electron chi connectivity index (χ4n) is 4.17. The van der Waals surface area contributed by atoms with Crippen molar-refractivity contribution in [1.82, 2.24) is 0 Å². The Bertz CT molecular complexity index is 1460. The summed E-state index contributed by atoms with van der Waals surface area (Å²) in [7, 11) is -11.5. The summed E-state index contributed by atoms with van der Waals surface area (Å²) in [5.41, 5.74) is -0.380. The molecule has 32 heavy (non-hydrogen) atoms. The van der Waals surface area contributed by atoms with Crippen LogP contribution in [0.4, 0.5) is 5.69 Å². The minimum absolute atomic E-state index is 0.0509. The Labute approximate surface area is 186 Å². The van der Waals surface area contributed by atoms with Crippen LogP contribution in [0.25, 0.3) is 4.91 Å². The van der Waals surface area contributed by atoms with Crippen molar-refractivity contribution in [3.05, 3.63) is 64.7 Å². The summed E-state index contributed by atoms with van der Waals surface area (Å²) < 4.78 is 101. The fraction of sp³-hybridized carbons (Fsp3) is 0.263. The van der Waals surface area contributed by atoms with Gasteiger partial charge in [0.25, 0.3) is 30.4 Å². The van der Waals surface area contributed by atoms with Crippen molar-refractivity contribution in [2.45, 2.75) is 23.0 Å². The average molecular weight is 504 g/mol. The lowest BCUT2D eigenvalue weighted by molar-refractivity contribution is 0.440. The van der Waals surface area contributed by atoms with Gasteiger partial charge in [-0.3, -0.25) is 13.7 Å². The van der Waals surface area contributed by atoms with E-state index in [0.29, 0.717) is 5.69 Å². The molecule has 1 atom stereocenters. The maximum atomic E-state index is 13.0. The van der Waals surface area contributed by atoms with Gasteiger partial charge in [-0.05, 0) is 36.3 Å². The van der Waals surface area contributed by atoms with Crippen molar-refractivity contribution in [3.8, 4) is 0 Å². The van der Waals surface area contributed by atoms with E-state index >= 15 is 0 Å². The van der Waals surface area contributed by atoms with E-state index in [-0.39, 0.29) is 16.7 Å². The van der Waals surface area contributed by atoms with E-state index in [1.165, 1.54) is 19.1 Å². The molecule has 0 fully saturated rings. The molecule has 3 N–H and O–H groups in total. The summed E-state index contributed by atoms with van der Waals surface area (Å²) in [5.74, 6) is 0. The van der Waals surface area contributed by atoms with Gasteiger partial charge in [-0.25, -0.2) is 0 Å². The molecule has 174 valence electrons. The Morgan fingerprint density at radius 1 is 0.844 bits per heavy atom. The molecule has 0 aromatic heterocycles. The van der Waals surface area contributed by atoms with Crippen LogP contribution >= 0.6 is 0 Å². The highest BCUT2D eigenvalue weighted by Crippen LogP contribution is 2.53. The average Bonchev–Trinajstić information content (AvgIpc) is 2.64. The van der Waals surface area contributed by atoms with Gasteiger partial charge in [-0.1, -0.05) is 24.3 Å². The number of rotatable bonds is 5. The van der Waals surface area contributed by atoms with Crippen molar-refractivity contribution in [1.29, 1.82) is 0 Å². The number of anilines is 1. The minimum atomic E-state index is -5.09. The molecule has 1 unspecified atom stereocenters. The minimum Gasteiger partial charge on any atom is -0.377 e. The molecule has 2 aromatic rings. The summed E-state index contributed by atoms with van der Waals surface area (Å²) in [5, 5.41) is 0. The van der Waals surface area contributed by atoms with E-state index in [2.05, 4.69) is 0 Å². The zero-order valence-corrected chi connectivity index (χ0v) is 19.7. The molecule has 1 aliphatic carbocycles. The molecule has 10 nitrogen and oxygen atoms in total. The second-order valence-electron chi connectivity index (χ2n) is 7.66. The largest absolute Gasteiger partial charge is 0.377 e. The van der Waals surface area contributed by atoms with Gasteiger partial charge in [0.15, 0.2) is 4.75 Å². The molecule has 0 aliphatic heterocycles. The Kier molecular flexibility index (Phi) is 5.82. The molecule has 0 bridgehead atoms. The van der Waals surface area contributed by atoms with Crippen LogP contribution in [0.15, 0.2) is 52.9 Å². The highest BCUT2D eigenvalue weighted by Gasteiger charge is 2.53. The summed E-state index contributed by atoms with van der Waals surface area (Å²) in [4.78, 5) is 0.267. The predicted octanol–water partition coefficient (Wildman–Crippen LogP) is 2.15. The fourth-order valence-corrected chi connectivity index (χ4v) is 6.94. The van der Waals surface area contributed by atoms with Crippen molar-refractivity contribution in [3.63, 3.8) is 0 Å². The Morgan fingerprint density at radius 3 is 1.94 bits per heavy atom. The molecule has 2 aromatic carbocycles. The van der Waals surface area contributed by atoms with Gasteiger partial charge in [0.1, 0.15) is 4.91 Å². The molecule has 0 saturated carbocycles. The van der Waals surface area contributed by atoms with Gasteiger partial charge in [-0.2, -0.15) is 25.3 Å². The monoisotopic (exact) mass is 503 g/mol. The molecule has 3 rings (SSSR count). The zero-order chi connectivity index (χ0) is 24.3. The molecule has 13 heteroatoms. The molecule has 0 spiro atoms. The first-order valence-corrected chi connectivity index (χ1v) is 13.4. The van der Waals surface area contributed by atoms with Crippen LogP contribution in [0.3, 0.4) is 0 Å². The van der Waals surface area contributed by atoms with Gasteiger partial charge in [0.2, 0.25) is 0 Å². The van der Waals surface area contributed by atoms with Gasteiger partial charge in [-0.15, -0.1) is 0 Å². The van der Waals surface area contributed by atoms with Gasteiger partial charge >= 0.3 is 0 Å². The third-order valence-corrected chi connectivity index (χ3v) is 8.79. The number of hydrogen-bond acceptors (Lipinski definition) is 7. The molecule has 1 aliphatic rings. The number of para-hydroxylation sites is 1. The number of fused-ring (bicyclic) bond motifs is 1. The lowest BCUT2D eigenvalue weighted by Gasteiger charge is -2.39. The van der Waals surface area contributed by atoms with E-state index in [1.54, 1.807) is 31.1 Å². The first-order valence-electron chi connectivity index (χ1n) is 9.05. The summed E-state index contributed by atoms with van der Waals surface area (Å²) >= 11 is 0. The lowest BCUT2D eigenvalue weighted by atomic mass is 9.77. The van der Waals surface area contributed by atoms with E-state index < -0.39 is 56.9 Å². The van der Waals surface area contributed by atoms with Crippen LogP contribution in [0.2, 0.25) is 0 Å². The SMILES string of the molecule is CC1=C(S(=O)(=O)O)c2ccc(S(=O)(=O)O)cc2C(c2ccccc2N(C)C)(S(=O)(=O)O)C1. The first kappa shape index (κ1) is 24.4. The van der Waals surface area contributed by atoms with E-state index in [0.717, 1.165) is 18.2 Å². The first-order chi connectivity index (χ1) is 14.5. The number of allylic oxidation sites excluding steroid dienone is 1. The highest BCUT2D eigenvalue weighted by molar-refractivity contribution is 7.95. The van der Waals surface area contributed by atoms with Crippen LogP contribution < -0.4 is 4.90 Å². The zero-order valence-electron chi connectivity index (χ0n) is 17.2. The quantitative estimate of drug-likeness (QED) is 0.514. The molecule has 0 saturated heterocycles. The van der Waals surface area contributed by atoms with Crippen molar-refractivity contribution < 1.29 is 38.9 Å². The van der Waals surface area contributed by atoms with Crippen molar-refractivity contribution >= 4 is 40.9 Å². The normalized spacial score (nSPS) is 19.6. The van der Waals surface area contributed by atoms with Crippen LogP contribution in [-0.2, 0) is 35.1 Å². The van der Waals surface area contributed by atoms with Gasteiger partial charge in [0, 0.05) is 37.3 Å². The Balaban J connectivity index is 2.63. The highest BCUT2D eigenvalue weighted by atomic mass is 32.2. The third-order valence-electron chi connectivity index (χ3n) is 5.39. The number of hydrogen-bond donors (Lipinski definition) is 3. The Hall–Kier alpha value is -2.29. The van der Waals surface area contributed by atoms with Crippen molar-refractivity contribution in [2.24, 2.45) is 0 Å². The smallest absolute Gasteiger partial charge is 0.295 e. The second-order valence-corrected chi connectivity index (χ2v) is 12.1. The Morgan fingerprint density at radius 2 is 1.44 bits per heavy atom. The van der Waals surface area contributed by atoms with Crippen LogP contribution in [0.5, 0.6) is 0 Å². The number of benzene rings is 2. The summed E-state index contributed by atoms with van der Waals surface area (Å²) in [6, 6.07) is 8.78. The lowest BCUT2D eigenvalue weighted by Crippen LogP contribution is -2.41. The second kappa shape index (κ2) is 7.64. The van der Waals surface area contributed by atoms with E-state index in [9.17, 15) is 38.9 Å². The molecule has 0 amide bonds. The molecular formula is C19H21NO9S3. The van der Waals surface area contributed by atoms with Crippen LogP contribution in [-0.4, -0.2) is 53.0 Å². The van der Waals surface area contributed by atoms with Crippen LogP contribution in [0.1, 0.15) is 30.0 Å². The van der Waals surface area contributed by atoms with Crippen molar-refractivity contribution in [2.75, 3.05) is 19.0 Å².